The Hall–Kier alpha value is -1.72. The maximum atomic E-state index is 12.3. The van der Waals surface area contributed by atoms with Crippen LogP contribution in [0.2, 0.25) is 10.0 Å². The number of carbonyl (C=O) groups excluding carboxylic acids is 1. The minimum atomic E-state index is -0.880. The highest BCUT2D eigenvalue weighted by molar-refractivity contribution is 6.39. The summed E-state index contributed by atoms with van der Waals surface area (Å²) >= 11 is 12.1. The van der Waals surface area contributed by atoms with Crippen molar-refractivity contribution in [1.82, 2.24) is 9.88 Å². The van der Waals surface area contributed by atoms with Crippen LogP contribution in [0.3, 0.4) is 0 Å². The highest BCUT2D eigenvalue weighted by atomic mass is 35.5. The average molecular weight is 329 g/mol. The zero-order chi connectivity index (χ0) is 15.6. The van der Waals surface area contributed by atoms with Gasteiger partial charge in [-0.15, -0.1) is 0 Å². The number of aliphatic carboxylic acids is 1. The van der Waals surface area contributed by atoms with Crippen molar-refractivity contribution in [2.75, 3.05) is 13.6 Å². The van der Waals surface area contributed by atoms with Crippen LogP contribution in [0.15, 0.2) is 18.2 Å². The van der Waals surface area contributed by atoms with Gasteiger partial charge >= 0.3 is 5.97 Å². The highest BCUT2D eigenvalue weighted by Gasteiger charge is 2.19. The van der Waals surface area contributed by atoms with E-state index in [0.29, 0.717) is 28.4 Å². The summed E-state index contributed by atoms with van der Waals surface area (Å²) < 4.78 is 0. The number of hydrogen-bond donors (Lipinski definition) is 2. The van der Waals surface area contributed by atoms with E-state index in [1.807, 2.05) is 0 Å². The number of aromatic nitrogens is 1. The molecule has 1 aromatic carbocycles. The molecular formula is C14H14Cl2N2O3. The summed E-state index contributed by atoms with van der Waals surface area (Å²) in [7, 11) is 1.61. The van der Waals surface area contributed by atoms with Crippen LogP contribution in [-0.2, 0) is 4.79 Å². The second-order valence-corrected chi connectivity index (χ2v) is 5.54. The van der Waals surface area contributed by atoms with Crippen LogP contribution in [-0.4, -0.2) is 40.5 Å². The van der Waals surface area contributed by atoms with Crippen molar-refractivity contribution in [2.45, 2.75) is 12.8 Å². The molecule has 0 atom stereocenters. The molecular weight excluding hydrogens is 315 g/mol. The van der Waals surface area contributed by atoms with Gasteiger partial charge in [-0.2, -0.15) is 0 Å². The molecule has 2 aromatic rings. The number of rotatable bonds is 5. The normalized spacial score (nSPS) is 10.8. The molecule has 2 rings (SSSR count). The lowest BCUT2D eigenvalue weighted by Gasteiger charge is -2.15. The third-order valence-electron chi connectivity index (χ3n) is 3.14. The molecule has 7 heteroatoms. The number of carboxylic acid groups (broad SMARTS) is 1. The SMILES string of the molecule is CN(CCCC(=O)O)C(=O)c1[nH]c2ccc(Cl)cc2c1Cl. The van der Waals surface area contributed by atoms with E-state index in [9.17, 15) is 9.59 Å². The highest BCUT2D eigenvalue weighted by Crippen LogP contribution is 2.30. The van der Waals surface area contributed by atoms with E-state index in [1.54, 1.807) is 25.2 Å². The molecule has 0 aliphatic carbocycles. The van der Waals surface area contributed by atoms with Crippen LogP contribution in [0, 0.1) is 0 Å². The van der Waals surface area contributed by atoms with Crippen LogP contribution in [0.5, 0.6) is 0 Å². The zero-order valence-electron chi connectivity index (χ0n) is 11.3. The monoisotopic (exact) mass is 328 g/mol. The van der Waals surface area contributed by atoms with Gasteiger partial charge in [0.25, 0.3) is 5.91 Å². The Morgan fingerprint density at radius 3 is 2.71 bits per heavy atom. The fourth-order valence-electron chi connectivity index (χ4n) is 2.04. The topological polar surface area (TPSA) is 73.4 Å². The van der Waals surface area contributed by atoms with Crippen LogP contribution in [0.4, 0.5) is 0 Å². The third-order valence-corrected chi connectivity index (χ3v) is 3.77. The second kappa shape index (κ2) is 6.37. The fourth-order valence-corrected chi connectivity index (χ4v) is 2.50. The van der Waals surface area contributed by atoms with E-state index in [-0.39, 0.29) is 18.0 Å². The Morgan fingerprint density at radius 1 is 1.33 bits per heavy atom. The lowest BCUT2D eigenvalue weighted by Crippen LogP contribution is -2.28. The van der Waals surface area contributed by atoms with E-state index in [2.05, 4.69) is 4.98 Å². The number of benzene rings is 1. The summed E-state index contributed by atoms with van der Waals surface area (Å²) in [4.78, 5) is 27.2. The smallest absolute Gasteiger partial charge is 0.303 e. The van der Waals surface area contributed by atoms with Crippen molar-refractivity contribution in [3.63, 3.8) is 0 Å². The van der Waals surface area contributed by atoms with E-state index < -0.39 is 5.97 Å². The largest absolute Gasteiger partial charge is 0.481 e. The van der Waals surface area contributed by atoms with Gasteiger partial charge in [0.05, 0.1) is 5.02 Å². The van der Waals surface area contributed by atoms with E-state index in [4.69, 9.17) is 28.3 Å². The molecule has 0 bridgehead atoms. The number of H-pyrrole nitrogens is 1. The minimum absolute atomic E-state index is 0.0215. The van der Waals surface area contributed by atoms with Gasteiger partial charge in [0.2, 0.25) is 0 Å². The number of nitrogens with one attached hydrogen (secondary N) is 1. The number of nitrogens with zero attached hydrogens (tertiary/aromatic N) is 1. The van der Waals surface area contributed by atoms with Crippen molar-refractivity contribution in [2.24, 2.45) is 0 Å². The molecule has 0 unspecified atom stereocenters. The third kappa shape index (κ3) is 3.49. The molecule has 112 valence electrons. The van der Waals surface area contributed by atoms with Gasteiger partial charge in [0.1, 0.15) is 5.69 Å². The molecule has 5 nitrogen and oxygen atoms in total. The number of hydrogen-bond acceptors (Lipinski definition) is 2. The molecule has 0 saturated heterocycles. The standard InChI is InChI=1S/C14H14Cl2N2O3/c1-18(6-2-3-11(19)20)14(21)13-12(16)9-7-8(15)4-5-10(9)17-13/h4-5,7,17H,2-3,6H2,1H3,(H,19,20). The van der Waals surface area contributed by atoms with Crippen molar-refractivity contribution < 1.29 is 14.7 Å². The number of fused-ring (bicyclic) bond motifs is 1. The van der Waals surface area contributed by atoms with Gasteiger partial charge in [-0.05, 0) is 24.6 Å². The van der Waals surface area contributed by atoms with Gasteiger partial charge in [0, 0.05) is 35.9 Å². The summed E-state index contributed by atoms with van der Waals surface area (Å²) in [5.74, 6) is -1.16. The molecule has 1 heterocycles. The van der Waals surface area contributed by atoms with E-state index >= 15 is 0 Å². The zero-order valence-corrected chi connectivity index (χ0v) is 12.8. The number of aromatic amines is 1. The summed E-state index contributed by atoms with van der Waals surface area (Å²) in [6, 6.07) is 5.16. The summed E-state index contributed by atoms with van der Waals surface area (Å²) in [6.45, 7) is 0.345. The molecule has 1 amide bonds. The Morgan fingerprint density at radius 2 is 2.05 bits per heavy atom. The number of carboxylic acids is 1. The molecule has 0 aliphatic heterocycles. The predicted octanol–water partition coefficient (Wildman–Crippen LogP) is 3.41. The maximum absolute atomic E-state index is 12.3. The van der Waals surface area contributed by atoms with E-state index in [0.717, 1.165) is 5.52 Å². The average Bonchev–Trinajstić information content (AvgIpc) is 2.74. The Balaban J connectivity index is 2.19. The van der Waals surface area contributed by atoms with Gasteiger partial charge in [-0.1, -0.05) is 23.2 Å². The number of amides is 1. The Kier molecular flexibility index (Phi) is 4.75. The molecule has 0 spiro atoms. The summed E-state index contributed by atoms with van der Waals surface area (Å²) in [5, 5.41) is 10.2. The van der Waals surface area contributed by atoms with Crippen molar-refractivity contribution in [1.29, 1.82) is 0 Å². The van der Waals surface area contributed by atoms with Gasteiger partial charge < -0.3 is 15.0 Å². The van der Waals surface area contributed by atoms with Gasteiger partial charge in [0.15, 0.2) is 0 Å². The van der Waals surface area contributed by atoms with Crippen LogP contribution in [0.25, 0.3) is 10.9 Å². The lowest BCUT2D eigenvalue weighted by molar-refractivity contribution is -0.137. The van der Waals surface area contributed by atoms with Crippen LogP contribution in [0.1, 0.15) is 23.3 Å². The van der Waals surface area contributed by atoms with Crippen molar-refractivity contribution >= 4 is 46.0 Å². The van der Waals surface area contributed by atoms with E-state index in [1.165, 1.54) is 4.90 Å². The van der Waals surface area contributed by atoms with Crippen LogP contribution < -0.4 is 0 Å². The molecule has 21 heavy (non-hydrogen) atoms. The first kappa shape index (κ1) is 15.7. The molecule has 0 radical (unpaired) electrons. The number of carbonyl (C=O) groups is 2. The summed E-state index contributed by atoms with van der Waals surface area (Å²) in [5.41, 5.74) is 1.01. The quantitative estimate of drug-likeness (QED) is 0.883. The predicted molar refractivity (Wildman–Crippen MR) is 82.1 cm³/mol. The fraction of sp³-hybridized carbons (Fsp3) is 0.286. The molecule has 0 aliphatic rings. The maximum Gasteiger partial charge on any atom is 0.303 e. The molecule has 2 N–H and O–H groups in total. The molecule has 1 aromatic heterocycles. The van der Waals surface area contributed by atoms with Crippen molar-refractivity contribution in [3.05, 3.63) is 33.9 Å². The van der Waals surface area contributed by atoms with Crippen LogP contribution >= 0.6 is 23.2 Å². The lowest BCUT2D eigenvalue weighted by atomic mass is 10.2. The van der Waals surface area contributed by atoms with Gasteiger partial charge in [-0.3, -0.25) is 9.59 Å². The second-order valence-electron chi connectivity index (χ2n) is 4.73. The summed E-state index contributed by atoms with van der Waals surface area (Å²) in [6.07, 6.45) is 0.412. The first-order valence-electron chi connectivity index (χ1n) is 6.34. The first-order chi connectivity index (χ1) is 9.90. The van der Waals surface area contributed by atoms with Gasteiger partial charge in [-0.25, -0.2) is 0 Å². The minimum Gasteiger partial charge on any atom is -0.481 e. The van der Waals surface area contributed by atoms with Crippen molar-refractivity contribution in [3.8, 4) is 0 Å². The molecule has 0 saturated carbocycles. The molecule has 0 fully saturated rings. The first-order valence-corrected chi connectivity index (χ1v) is 7.09. The Labute approximate surface area is 131 Å². The number of halogens is 2. The Bertz CT molecular complexity index is 697.